The maximum absolute atomic E-state index is 6.45. The van der Waals surface area contributed by atoms with Gasteiger partial charge in [-0.3, -0.25) is 0 Å². The lowest BCUT2D eigenvalue weighted by atomic mass is 10.0. The Morgan fingerprint density at radius 2 is 0.960 bits per heavy atom. The number of hydrogen-bond acceptors (Lipinski definition) is 4. The van der Waals surface area contributed by atoms with Crippen molar-refractivity contribution in [3.8, 4) is 51.0 Å². The van der Waals surface area contributed by atoms with Crippen LogP contribution < -0.4 is 0 Å². The second-order valence-electron chi connectivity index (χ2n) is 12.5. The zero-order chi connectivity index (χ0) is 33.0. The summed E-state index contributed by atoms with van der Waals surface area (Å²) < 4.78 is 8.76. The van der Waals surface area contributed by atoms with Crippen molar-refractivity contribution in [3.63, 3.8) is 0 Å². The van der Waals surface area contributed by atoms with E-state index < -0.39 is 0 Å². The molecule has 0 bridgehead atoms. The molecular formula is C45H28N4O. The molecule has 0 aliphatic carbocycles. The topological polar surface area (TPSA) is 56.7 Å². The molecule has 3 aromatic heterocycles. The summed E-state index contributed by atoms with van der Waals surface area (Å²) in [6.45, 7) is 0. The van der Waals surface area contributed by atoms with Gasteiger partial charge in [-0.2, -0.15) is 0 Å². The van der Waals surface area contributed by atoms with Gasteiger partial charge in [0.15, 0.2) is 17.5 Å². The molecule has 0 unspecified atom stereocenters. The van der Waals surface area contributed by atoms with E-state index in [1.807, 2.05) is 42.5 Å². The molecule has 0 radical (unpaired) electrons. The monoisotopic (exact) mass is 640 g/mol. The number of fused-ring (bicyclic) bond motifs is 6. The molecule has 10 aromatic rings. The molecule has 0 spiro atoms. The third kappa shape index (κ3) is 4.60. The van der Waals surface area contributed by atoms with Crippen molar-refractivity contribution in [2.75, 3.05) is 0 Å². The Bertz CT molecular complexity index is 2850. The highest BCUT2D eigenvalue weighted by molar-refractivity contribution is 6.11. The van der Waals surface area contributed by atoms with Gasteiger partial charge in [-0.25, -0.2) is 15.0 Å². The van der Waals surface area contributed by atoms with Crippen LogP contribution in [-0.4, -0.2) is 19.5 Å². The minimum absolute atomic E-state index is 0.561. The van der Waals surface area contributed by atoms with E-state index in [1.165, 1.54) is 10.8 Å². The summed E-state index contributed by atoms with van der Waals surface area (Å²) in [6.07, 6.45) is 0. The summed E-state index contributed by atoms with van der Waals surface area (Å²) in [4.78, 5) is 15.4. The Kier molecular flexibility index (Phi) is 6.42. The van der Waals surface area contributed by atoms with Crippen LogP contribution in [0.1, 0.15) is 0 Å². The molecule has 5 heteroatoms. The molecule has 50 heavy (non-hydrogen) atoms. The lowest BCUT2D eigenvalue weighted by molar-refractivity contribution is 0.669. The van der Waals surface area contributed by atoms with Gasteiger partial charge in [0.2, 0.25) is 0 Å². The molecule has 234 valence electrons. The lowest BCUT2D eigenvalue weighted by Gasteiger charge is -2.11. The summed E-state index contributed by atoms with van der Waals surface area (Å²) in [5.74, 6) is 1.75. The summed E-state index contributed by atoms with van der Waals surface area (Å²) in [6, 6.07) is 58.6. The molecule has 10 rings (SSSR count). The Morgan fingerprint density at radius 3 is 1.78 bits per heavy atom. The summed E-state index contributed by atoms with van der Waals surface area (Å²) in [7, 11) is 0. The van der Waals surface area contributed by atoms with Crippen LogP contribution in [0, 0.1) is 0 Å². The van der Waals surface area contributed by atoms with Crippen molar-refractivity contribution in [2.24, 2.45) is 0 Å². The molecule has 0 N–H and O–H groups in total. The molecule has 5 nitrogen and oxygen atoms in total. The summed E-state index contributed by atoms with van der Waals surface area (Å²) in [5, 5.41) is 4.47. The molecule has 0 aliphatic rings. The Balaban J connectivity index is 1.20. The number of nitrogens with zero attached hydrogens (tertiary/aromatic N) is 4. The van der Waals surface area contributed by atoms with Gasteiger partial charge in [0.1, 0.15) is 11.2 Å². The second-order valence-corrected chi connectivity index (χ2v) is 12.5. The SMILES string of the molecule is c1ccc(-c2ccc(-c3nc(-c4ccc5c6ccccc6n(-c6ccccc6)c5c4)nc(-c4cccc5c4oc4ccccc45)n3)cc2)cc1. The van der Waals surface area contributed by atoms with E-state index >= 15 is 0 Å². The van der Waals surface area contributed by atoms with Crippen LogP contribution in [0.3, 0.4) is 0 Å². The second kappa shape index (κ2) is 11.4. The molecule has 0 atom stereocenters. The number of para-hydroxylation sites is 4. The summed E-state index contributed by atoms with van der Waals surface area (Å²) >= 11 is 0. The fourth-order valence-corrected chi connectivity index (χ4v) is 7.09. The maximum atomic E-state index is 6.45. The van der Waals surface area contributed by atoms with Gasteiger partial charge >= 0.3 is 0 Å². The van der Waals surface area contributed by atoms with Gasteiger partial charge in [-0.1, -0.05) is 133 Å². The molecule has 0 aliphatic heterocycles. The van der Waals surface area contributed by atoms with E-state index in [0.29, 0.717) is 17.5 Å². The van der Waals surface area contributed by atoms with Gasteiger partial charge in [0, 0.05) is 38.4 Å². The minimum atomic E-state index is 0.561. The van der Waals surface area contributed by atoms with Crippen LogP contribution in [0.4, 0.5) is 0 Å². The average Bonchev–Trinajstić information content (AvgIpc) is 3.74. The number of aromatic nitrogens is 4. The quantitative estimate of drug-likeness (QED) is 0.188. The van der Waals surface area contributed by atoms with Crippen LogP contribution in [-0.2, 0) is 0 Å². The van der Waals surface area contributed by atoms with E-state index in [-0.39, 0.29) is 0 Å². The van der Waals surface area contributed by atoms with E-state index in [4.69, 9.17) is 19.4 Å². The summed E-state index contributed by atoms with van der Waals surface area (Å²) in [5.41, 5.74) is 9.86. The molecular weight excluding hydrogens is 613 g/mol. The van der Waals surface area contributed by atoms with Crippen molar-refractivity contribution in [1.29, 1.82) is 0 Å². The Hall–Kier alpha value is -6.85. The zero-order valence-corrected chi connectivity index (χ0v) is 26.9. The van der Waals surface area contributed by atoms with Crippen molar-refractivity contribution >= 4 is 43.7 Å². The lowest BCUT2D eigenvalue weighted by Crippen LogP contribution is -2.01. The zero-order valence-electron chi connectivity index (χ0n) is 26.9. The van der Waals surface area contributed by atoms with E-state index in [2.05, 4.69) is 132 Å². The molecule has 3 heterocycles. The molecule has 0 fully saturated rings. The van der Waals surface area contributed by atoms with Crippen LogP contribution in [0.25, 0.3) is 94.7 Å². The third-order valence-corrected chi connectivity index (χ3v) is 9.48. The Labute approximate surface area is 287 Å². The van der Waals surface area contributed by atoms with Gasteiger partial charge in [0.25, 0.3) is 0 Å². The smallest absolute Gasteiger partial charge is 0.167 e. The molecule has 7 aromatic carbocycles. The first-order valence-corrected chi connectivity index (χ1v) is 16.7. The van der Waals surface area contributed by atoms with Crippen LogP contribution in [0.2, 0.25) is 0 Å². The number of furan rings is 1. The number of hydrogen-bond donors (Lipinski definition) is 0. The number of rotatable bonds is 5. The molecule has 0 saturated heterocycles. The van der Waals surface area contributed by atoms with Crippen molar-refractivity contribution in [2.45, 2.75) is 0 Å². The van der Waals surface area contributed by atoms with E-state index in [9.17, 15) is 0 Å². The van der Waals surface area contributed by atoms with Crippen molar-refractivity contribution < 1.29 is 4.42 Å². The third-order valence-electron chi connectivity index (χ3n) is 9.48. The molecule has 0 saturated carbocycles. The van der Waals surface area contributed by atoms with Crippen LogP contribution in [0.5, 0.6) is 0 Å². The Morgan fingerprint density at radius 1 is 0.380 bits per heavy atom. The van der Waals surface area contributed by atoms with E-state index in [0.717, 1.165) is 66.5 Å². The highest BCUT2D eigenvalue weighted by Gasteiger charge is 2.19. The average molecular weight is 641 g/mol. The predicted molar refractivity (Wildman–Crippen MR) is 203 cm³/mol. The highest BCUT2D eigenvalue weighted by atomic mass is 16.3. The maximum Gasteiger partial charge on any atom is 0.167 e. The normalized spacial score (nSPS) is 11.6. The van der Waals surface area contributed by atoms with Gasteiger partial charge in [0.05, 0.1) is 16.6 Å². The van der Waals surface area contributed by atoms with Crippen LogP contribution >= 0.6 is 0 Å². The fourth-order valence-electron chi connectivity index (χ4n) is 7.09. The highest BCUT2D eigenvalue weighted by Crippen LogP contribution is 2.37. The minimum Gasteiger partial charge on any atom is -0.455 e. The standard InChI is InChI=1S/C45H28N4O/c1-3-12-29(13-4-1)30-22-24-31(25-23-30)43-46-44(48-45(47-43)38-19-11-18-37-36-17-8-10-21-41(36)50-42(37)38)32-26-27-35-34-16-7-9-20-39(34)49(40(35)28-32)33-14-5-2-6-15-33/h1-28H. The van der Waals surface area contributed by atoms with Crippen molar-refractivity contribution in [1.82, 2.24) is 19.5 Å². The predicted octanol–water partition coefficient (Wildman–Crippen LogP) is 11.5. The fraction of sp³-hybridized carbons (Fsp3) is 0. The number of benzene rings is 7. The van der Waals surface area contributed by atoms with Gasteiger partial charge in [-0.15, -0.1) is 0 Å². The van der Waals surface area contributed by atoms with Gasteiger partial charge in [-0.05, 0) is 47.5 Å². The van der Waals surface area contributed by atoms with Gasteiger partial charge < -0.3 is 8.98 Å². The first-order valence-electron chi connectivity index (χ1n) is 16.7. The largest absolute Gasteiger partial charge is 0.455 e. The first kappa shape index (κ1) is 28.2. The first-order chi connectivity index (χ1) is 24.8. The van der Waals surface area contributed by atoms with E-state index in [1.54, 1.807) is 0 Å². The van der Waals surface area contributed by atoms with Crippen LogP contribution in [0.15, 0.2) is 174 Å². The van der Waals surface area contributed by atoms with Crippen molar-refractivity contribution in [3.05, 3.63) is 170 Å². The molecule has 0 amide bonds.